The van der Waals surface area contributed by atoms with Gasteiger partial charge in [0, 0.05) is 15.4 Å². The van der Waals surface area contributed by atoms with Crippen LogP contribution in [0.3, 0.4) is 0 Å². The number of rotatable bonds is 3. The first kappa shape index (κ1) is 13.4. The molecule has 96 valence electrons. The van der Waals surface area contributed by atoms with Crippen LogP contribution >= 0.6 is 27.3 Å². The molecule has 2 aromatic rings. The van der Waals surface area contributed by atoms with Crippen LogP contribution in [0, 0.1) is 18.6 Å². The molecule has 0 aliphatic heterocycles. The molecule has 0 spiro atoms. The Balaban J connectivity index is 2.27. The van der Waals surface area contributed by atoms with Gasteiger partial charge in [0.1, 0.15) is 11.6 Å². The van der Waals surface area contributed by atoms with Gasteiger partial charge in [-0.3, -0.25) is 0 Å². The van der Waals surface area contributed by atoms with Crippen molar-refractivity contribution in [3.8, 4) is 0 Å². The number of aryl methyl sites for hydroxylation is 1. The summed E-state index contributed by atoms with van der Waals surface area (Å²) in [6.45, 7) is 3.82. The van der Waals surface area contributed by atoms with Crippen LogP contribution in [0.4, 0.5) is 14.5 Å². The molecule has 0 bridgehead atoms. The predicted molar refractivity (Wildman–Crippen MR) is 72.9 cm³/mol. The number of halogens is 3. The number of nitrogens with zero attached hydrogens (tertiary/aromatic N) is 1. The molecule has 0 aliphatic rings. The van der Waals surface area contributed by atoms with E-state index >= 15 is 0 Å². The van der Waals surface area contributed by atoms with E-state index in [-0.39, 0.29) is 11.7 Å². The van der Waals surface area contributed by atoms with Crippen molar-refractivity contribution in [3.05, 3.63) is 44.3 Å². The zero-order chi connectivity index (χ0) is 13.3. The third-order valence-electron chi connectivity index (χ3n) is 2.54. The number of aromatic nitrogens is 1. The van der Waals surface area contributed by atoms with Crippen LogP contribution in [0.25, 0.3) is 0 Å². The van der Waals surface area contributed by atoms with Gasteiger partial charge in [-0.05, 0) is 35.8 Å². The molecule has 6 heteroatoms. The maximum Gasteiger partial charge on any atom is 0.150 e. The van der Waals surface area contributed by atoms with Crippen LogP contribution in [-0.2, 0) is 0 Å². The Bertz CT molecular complexity index is 548. The van der Waals surface area contributed by atoms with Gasteiger partial charge in [0.25, 0.3) is 0 Å². The summed E-state index contributed by atoms with van der Waals surface area (Å²) in [7, 11) is 0. The van der Waals surface area contributed by atoms with Gasteiger partial charge in [-0.15, -0.1) is 11.3 Å². The molecule has 0 radical (unpaired) electrons. The molecule has 1 atom stereocenters. The minimum absolute atomic E-state index is 0.0891. The van der Waals surface area contributed by atoms with E-state index in [1.807, 2.05) is 13.8 Å². The second-order valence-electron chi connectivity index (χ2n) is 3.91. The average Bonchev–Trinajstić information content (AvgIpc) is 2.69. The number of hydrogen-bond acceptors (Lipinski definition) is 3. The monoisotopic (exact) mass is 332 g/mol. The number of benzene rings is 1. The highest BCUT2D eigenvalue weighted by Crippen LogP contribution is 2.31. The summed E-state index contributed by atoms with van der Waals surface area (Å²) in [5, 5.41) is 3.03. The molecular weight excluding hydrogens is 322 g/mol. The number of nitrogens with one attached hydrogen (secondary N) is 1. The summed E-state index contributed by atoms with van der Waals surface area (Å²) in [4.78, 5) is 5.18. The van der Waals surface area contributed by atoms with Crippen molar-refractivity contribution >= 4 is 33.0 Å². The third kappa shape index (κ3) is 2.70. The van der Waals surface area contributed by atoms with E-state index in [2.05, 4.69) is 26.2 Å². The molecule has 18 heavy (non-hydrogen) atoms. The SMILES string of the molecule is Cc1ncsc1C(C)Nc1c(F)cc(F)cc1Br. The van der Waals surface area contributed by atoms with E-state index < -0.39 is 11.6 Å². The zero-order valence-electron chi connectivity index (χ0n) is 9.80. The summed E-state index contributed by atoms with van der Waals surface area (Å²) in [5.41, 5.74) is 2.93. The average molecular weight is 333 g/mol. The van der Waals surface area contributed by atoms with Crippen molar-refractivity contribution < 1.29 is 8.78 Å². The lowest BCUT2D eigenvalue weighted by Gasteiger charge is -2.16. The molecule has 0 saturated heterocycles. The summed E-state index contributed by atoms with van der Waals surface area (Å²) < 4.78 is 27.0. The van der Waals surface area contributed by atoms with Gasteiger partial charge in [0.2, 0.25) is 0 Å². The van der Waals surface area contributed by atoms with Crippen molar-refractivity contribution in [2.75, 3.05) is 5.32 Å². The molecule has 2 nitrogen and oxygen atoms in total. The molecule has 1 N–H and O–H groups in total. The number of thiazole rings is 1. The topological polar surface area (TPSA) is 24.9 Å². The lowest BCUT2D eigenvalue weighted by atomic mass is 10.2. The fourth-order valence-corrected chi connectivity index (χ4v) is 3.02. The second-order valence-corrected chi connectivity index (χ2v) is 5.65. The summed E-state index contributed by atoms with van der Waals surface area (Å²) in [5.74, 6) is -1.22. The fourth-order valence-electron chi connectivity index (χ4n) is 1.69. The van der Waals surface area contributed by atoms with E-state index in [1.54, 1.807) is 5.51 Å². The zero-order valence-corrected chi connectivity index (χ0v) is 12.2. The van der Waals surface area contributed by atoms with Crippen molar-refractivity contribution in [2.24, 2.45) is 0 Å². The summed E-state index contributed by atoms with van der Waals surface area (Å²) >= 11 is 4.66. The van der Waals surface area contributed by atoms with Gasteiger partial charge in [-0.1, -0.05) is 0 Å². The first-order valence-corrected chi connectivity index (χ1v) is 6.97. The minimum atomic E-state index is -0.615. The maximum absolute atomic E-state index is 13.7. The highest BCUT2D eigenvalue weighted by molar-refractivity contribution is 9.10. The van der Waals surface area contributed by atoms with E-state index in [0.717, 1.165) is 16.6 Å². The summed E-state index contributed by atoms with van der Waals surface area (Å²) in [6.07, 6.45) is 0. The van der Waals surface area contributed by atoms with Crippen LogP contribution in [0.15, 0.2) is 22.1 Å². The molecule has 1 aromatic heterocycles. The van der Waals surface area contributed by atoms with Crippen LogP contribution in [0.5, 0.6) is 0 Å². The molecule has 1 heterocycles. The molecule has 1 unspecified atom stereocenters. The Labute approximate surface area is 116 Å². The first-order valence-electron chi connectivity index (χ1n) is 5.30. The Kier molecular flexibility index (Phi) is 3.97. The van der Waals surface area contributed by atoms with Gasteiger partial charge >= 0.3 is 0 Å². The van der Waals surface area contributed by atoms with E-state index in [0.29, 0.717) is 4.47 Å². The predicted octanol–water partition coefficient (Wildman–Crippen LogP) is 4.67. The lowest BCUT2D eigenvalue weighted by Crippen LogP contribution is -2.08. The second kappa shape index (κ2) is 5.32. The van der Waals surface area contributed by atoms with Crippen molar-refractivity contribution in [1.82, 2.24) is 4.98 Å². The Morgan fingerprint density at radius 3 is 2.67 bits per heavy atom. The molecular formula is C12H11BrF2N2S. The van der Waals surface area contributed by atoms with Crippen LogP contribution in [0.1, 0.15) is 23.5 Å². The first-order chi connectivity index (χ1) is 8.49. The number of hydrogen-bond donors (Lipinski definition) is 1. The molecule has 2 rings (SSSR count). The van der Waals surface area contributed by atoms with Crippen molar-refractivity contribution in [1.29, 1.82) is 0 Å². The summed E-state index contributed by atoms with van der Waals surface area (Å²) in [6, 6.07) is 2.01. The van der Waals surface area contributed by atoms with E-state index in [1.165, 1.54) is 17.4 Å². The molecule has 0 amide bonds. The largest absolute Gasteiger partial charge is 0.374 e. The van der Waals surface area contributed by atoms with Gasteiger partial charge < -0.3 is 5.32 Å². The van der Waals surface area contributed by atoms with Crippen LogP contribution in [0.2, 0.25) is 0 Å². The quantitative estimate of drug-likeness (QED) is 0.883. The molecule has 0 aliphatic carbocycles. The third-order valence-corrected chi connectivity index (χ3v) is 4.28. The standard InChI is InChI=1S/C12H11BrF2N2S/c1-6-12(18-5-16-6)7(2)17-11-9(13)3-8(14)4-10(11)15/h3-5,7,17H,1-2H3. The lowest BCUT2D eigenvalue weighted by molar-refractivity contribution is 0.582. The van der Waals surface area contributed by atoms with Gasteiger partial charge in [0.15, 0.2) is 0 Å². The van der Waals surface area contributed by atoms with Crippen molar-refractivity contribution in [2.45, 2.75) is 19.9 Å². The number of anilines is 1. The van der Waals surface area contributed by atoms with Crippen LogP contribution < -0.4 is 5.32 Å². The molecule has 0 fully saturated rings. The van der Waals surface area contributed by atoms with Gasteiger partial charge in [-0.2, -0.15) is 0 Å². The van der Waals surface area contributed by atoms with Gasteiger partial charge in [0.05, 0.1) is 22.9 Å². The Hall–Kier alpha value is -1.01. The van der Waals surface area contributed by atoms with Crippen molar-refractivity contribution in [3.63, 3.8) is 0 Å². The van der Waals surface area contributed by atoms with E-state index in [4.69, 9.17) is 0 Å². The molecule has 0 saturated carbocycles. The van der Waals surface area contributed by atoms with Gasteiger partial charge in [-0.25, -0.2) is 13.8 Å². The Morgan fingerprint density at radius 1 is 1.39 bits per heavy atom. The van der Waals surface area contributed by atoms with Crippen LogP contribution in [-0.4, -0.2) is 4.98 Å². The van der Waals surface area contributed by atoms with E-state index in [9.17, 15) is 8.78 Å². The molecule has 1 aromatic carbocycles. The normalized spacial score (nSPS) is 12.5. The highest BCUT2D eigenvalue weighted by Gasteiger charge is 2.15. The minimum Gasteiger partial charge on any atom is -0.374 e. The fraction of sp³-hybridized carbons (Fsp3) is 0.250. The smallest absolute Gasteiger partial charge is 0.150 e. The Morgan fingerprint density at radius 2 is 2.11 bits per heavy atom. The maximum atomic E-state index is 13.7. The highest BCUT2D eigenvalue weighted by atomic mass is 79.9.